The van der Waals surface area contributed by atoms with E-state index in [1.165, 1.54) is 6.07 Å². The number of hydrogen-bond donors (Lipinski definition) is 1. The van der Waals surface area contributed by atoms with E-state index in [2.05, 4.69) is 10.2 Å². The first kappa shape index (κ1) is 19.4. The predicted molar refractivity (Wildman–Crippen MR) is 110 cm³/mol. The first-order valence-electron chi connectivity index (χ1n) is 10.1. The van der Waals surface area contributed by atoms with Gasteiger partial charge in [-0.05, 0) is 61.9 Å². The third-order valence-corrected chi connectivity index (χ3v) is 6.34. The number of halogens is 2. The number of carbonyl (C=O) groups is 1. The number of amides is 1. The number of rotatable bonds is 6. The second-order valence-electron chi connectivity index (χ2n) is 8.13. The highest BCUT2D eigenvalue weighted by Crippen LogP contribution is 2.48. The Bertz CT molecular complexity index is 835. The molecule has 2 aliphatic rings. The first-order chi connectivity index (χ1) is 13.6. The third-order valence-electron chi connectivity index (χ3n) is 6.09. The summed E-state index contributed by atoms with van der Waals surface area (Å²) in [4.78, 5) is 15.2. The molecule has 0 aromatic heterocycles. The van der Waals surface area contributed by atoms with Gasteiger partial charge in [0.15, 0.2) is 0 Å². The molecule has 0 spiro atoms. The normalized spacial score (nSPS) is 21.3. The smallest absolute Gasteiger partial charge is 0.230 e. The standard InChI is InChI=1S/C23H26ClFN2O/c24-20-9-7-19(8-10-20)23(11-12-23)22(28)26-14-17-4-3-13-27(15-17)16-18-5-1-2-6-21(18)25/h1-2,5-10,17H,3-4,11-16H2,(H,26,28). The van der Waals surface area contributed by atoms with E-state index in [-0.39, 0.29) is 17.1 Å². The summed E-state index contributed by atoms with van der Waals surface area (Å²) < 4.78 is 13.9. The second-order valence-corrected chi connectivity index (χ2v) is 8.57. The summed E-state index contributed by atoms with van der Waals surface area (Å²) in [6.07, 6.45) is 3.97. The average molecular weight is 401 g/mol. The van der Waals surface area contributed by atoms with Crippen LogP contribution in [0.5, 0.6) is 0 Å². The van der Waals surface area contributed by atoms with Gasteiger partial charge in [-0.15, -0.1) is 0 Å². The second kappa shape index (κ2) is 8.22. The molecule has 1 unspecified atom stereocenters. The number of hydrogen-bond acceptors (Lipinski definition) is 2. The molecule has 1 saturated heterocycles. The molecule has 148 valence electrons. The molecule has 0 radical (unpaired) electrons. The van der Waals surface area contributed by atoms with Crippen molar-refractivity contribution in [2.24, 2.45) is 5.92 Å². The molecule has 1 N–H and O–H groups in total. The highest BCUT2D eigenvalue weighted by molar-refractivity contribution is 6.30. The Labute approximate surface area is 170 Å². The minimum atomic E-state index is -0.369. The summed E-state index contributed by atoms with van der Waals surface area (Å²) in [5.74, 6) is 0.392. The van der Waals surface area contributed by atoms with Crippen molar-refractivity contribution in [1.82, 2.24) is 10.2 Å². The van der Waals surface area contributed by atoms with Gasteiger partial charge in [0, 0.05) is 30.2 Å². The maximum absolute atomic E-state index is 13.9. The molecule has 1 aliphatic heterocycles. The van der Waals surface area contributed by atoms with Crippen LogP contribution in [0.3, 0.4) is 0 Å². The summed E-state index contributed by atoms with van der Waals surface area (Å²) in [5.41, 5.74) is 1.43. The molecule has 5 heteroatoms. The third kappa shape index (κ3) is 4.23. The summed E-state index contributed by atoms with van der Waals surface area (Å²) in [7, 11) is 0. The lowest BCUT2D eigenvalue weighted by Crippen LogP contribution is -2.43. The first-order valence-corrected chi connectivity index (χ1v) is 10.4. The molecule has 3 nitrogen and oxygen atoms in total. The Morgan fingerprint density at radius 2 is 1.93 bits per heavy atom. The van der Waals surface area contributed by atoms with Gasteiger partial charge in [-0.25, -0.2) is 4.39 Å². The monoisotopic (exact) mass is 400 g/mol. The van der Waals surface area contributed by atoms with Crippen molar-refractivity contribution in [3.63, 3.8) is 0 Å². The van der Waals surface area contributed by atoms with Crippen LogP contribution in [-0.4, -0.2) is 30.4 Å². The number of nitrogens with zero attached hydrogens (tertiary/aromatic N) is 1. The molecule has 1 amide bonds. The van der Waals surface area contributed by atoms with Crippen LogP contribution in [0.4, 0.5) is 4.39 Å². The van der Waals surface area contributed by atoms with Gasteiger partial charge in [-0.2, -0.15) is 0 Å². The van der Waals surface area contributed by atoms with E-state index in [4.69, 9.17) is 11.6 Å². The van der Waals surface area contributed by atoms with Crippen molar-refractivity contribution < 1.29 is 9.18 Å². The van der Waals surface area contributed by atoms with Gasteiger partial charge in [-0.3, -0.25) is 9.69 Å². The Balaban J connectivity index is 1.31. The zero-order valence-corrected chi connectivity index (χ0v) is 16.7. The molecule has 2 fully saturated rings. The van der Waals surface area contributed by atoms with Crippen LogP contribution in [0.25, 0.3) is 0 Å². The van der Waals surface area contributed by atoms with Crippen LogP contribution in [0.1, 0.15) is 36.8 Å². The molecule has 0 bridgehead atoms. The minimum absolute atomic E-state index is 0.126. The Morgan fingerprint density at radius 3 is 2.64 bits per heavy atom. The number of nitrogens with one attached hydrogen (secondary N) is 1. The van der Waals surface area contributed by atoms with Gasteiger partial charge in [0.25, 0.3) is 0 Å². The summed E-state index contributed by atoms with van der Waals surface area (Å²) in [6.45, 7) is 3.18. The molecule has 1 saturated carbocycles. The van der Waals surface area contributed by atoms with Gasteiger partial charge in [-0.1, -0.05) is 41.9 Å². The molecule has 1 heterocycles. The SMILES string of the molecule is O=C(NCC1CCCN(Cc2ccccc2F)C1)C1(c2ccc(Cl)cc2)CC1. The van der Waals surface area contributed by atoms with Crippen molar-refractivity contribution in [1.29, 1.82) is 0 Å². The lowest BCUT2D eigenvalue weighted by atomic mass is 9.93. The number of piperidine rings is 1. The average Bonchev–Trinajstić information content (AvgIpc) is 3.51. The fourth-order valence-electron chi connectivity index (χ4n) is 4.28. The van der Waals surface area contributed by atoms with E-state index in [1.54, 1.807) is 6.07 Å². The van der Waals surface area contributed by atoms with Crippen molar-refractivity contribution in [3.8, 4) is 0 Å². The topological polar surface area (TPSA) is 32.3 Å². The van der Waals surface area contributed by atoms with Crippen LogP contribution in [0.2, 0.25) is 5.02 Å². The van der Waals surface area contributed by atoms with E-state index in [0.29, 0.717) is 24.0 Å². The molecular formula is C23H26ClFN2O. The van der Waals surface area contributed by atoms with Gasteiger partial charge >= 0.3 is 0 Å². The maximum atomic E-state index is 13.9. The molecule has 2 aromatic carbocycles. The van der Waals surface area contributed by atoms with Crippen LogP contribution in [0.15, 0.2) is 48.5 Å². The molecular weight excluding hydrogens is 375 g/mol. The van der Waals surface area contributed by atoms with Crippen molar-refractivity contribution in [3.05, 3.63) is 70.5 Å². The molecule has 1 atom stereocenters. The highest BCUT2D eigenvalue weighted by Gasteiger charge is 2.51. The summed E-state index contributed by atoms with van der Waals surface area (Å²) in [6, 6.07) is 14.6. The van der Waals surface area contributed by atoms with E-state index in [9.17, 15) is 9.18 Å². The maximum Gasteiger partial charge on any atom is 0.230 e. The lowest BCUT2D eigenvalue weighted by Gasteiger charge is -2.33. The van der Waals surface area contributed by atoms with Crippen LogP contribution in [-0.2, 0) is 16.8 Å². The highest BCUT2D eigenvalue weighted by atomic mass is 35.5. The molecule has 4 rings (SSSR count). The number of likely N-dealkylation sites (tertiary alicyclic amines) is 1. The molecule has 2 aromatic rings. The van der Waals surface area contributed by atoms with E-state index < -0.39 is 0 Å². The summed E-state index contributed by atoms with van der Waals surface area (Å²) in [5, 5.41) is 3.88. The Morgan fingerprint density at radius 1 is 1.18 bits per heavy atom. The van der Waals surface area contributed by atoms with Crippen molar-refractivity contribution >= 4 is 17.5 Å². The lowest BCUT2D eigenvalue weighted by molar-refractivity contribution is -0.123. The van der Waals surface area contributed by atoms with Crippen molar-refractivity contribution in [2.45, 2.75) is 37.6 Å². The molecule has 28 heavy (non-hydrogen) atoms. The zero-order chi connectivity index (χ0) is 19.6. The van der Waals surface area contributed by atoms with Gasteiger partial charge in [0.1, 0.15) is 5.82 Å². The fraction of sp³-hybridized carbons (Fsp3) is 0.435. The van der Waals surface area contributed by atoms with Crippen LogP contribution >= 0.6 is 11.6 Å². The molecule has 1 aliphatic carbocycles. The zero-order valence-electron chi connectivity index (χ0n) is 16.0. The number of benzene rings is 2. The van der Waals surface area contributed by atoms with Crippen molar-refractivity contribution in [2.75, 3.05) is 19.6 Å². The quantitative estimate of drug-likeness (QED) is 0.772. The largest absolute Gasteiger partial charge is 0.355 e. The minimum Gasteiger partial charge on any atom is -0.355 e. The van der Waals surface area contributed by atoms with Gasteiger partial charge in [0.05, 0.1) is 5.41 Å². The van der Waals surface area contributed by atoms with E-state index >= 15 is 0 Å². The fourth-order valence-corrected chi connectivity index (χ4v) is 4.40. The Kier molecular flexibility index (Phi) is 5.70. The van der Waals surface area contributed by atoms with E-state index in [1.807, 2.05) is 36.4 Å². The van der Waals surface area contributed by atoms with Crippen LogP contribution in [0, 0.1) is 11.7 Å². The Hall–Kier alpha value is -1.91. The van der Waals surface area contributed by atoms with Gasteiger partial charge in [0.2, 0.25) is 5.91 Å². The predicted octanol–water partition coefficient (Wildman–Crippen LogP) is 4.54. The van der Waals surface area contributed by atoms with Gasteiger partial charge < -0.3 is 5.32 Å². The van der Waals surface area contributed by atoms with Crippen LogP contribution < -0.4 is 5.32 Å². The number of carbonyl (C=O) groups excluding carboxylic acids is 1. The van der Waals surface area contributed by atoms with E-state index in [0.717, 1.165) is 49.9 Å². The summed E-state index contributed by atoms with van der Waals surface area (Å²) >= 11 is 5.98.